The number of esters is 1. The number of ether oxygens (including phenoxy) is 1. The van der Waals surface area contributed by atoms with Gasteiger partial charge in [-0.05, 0) is 57.2 Å². The Kier molecular flexibility index (Phi) is 9.04. The highest BCUT2D eigenvalue weighted by Crippen LogP contribution is 2.11. The summed E-state index contributed by atoms with van der Waals surface area (Å²) in [6, 6.07) is 17.7. The number of carbonyl (C=O) groups excluding carboxylic acids is 1. The van der Waals surface area contributed by atoms with Gasteiger partial charge in [-0.2, -0.15) is 0 Å². The summed E-state index contributed by atoms with van der Waals surface area (Å²) in [6.07, 6.45) is 5.39. The van der Waals surface area contributed by atoms with Crippen molar-refractivity contribution in [1.82, 2.24) is 24.8 Å². The van der Waals surface area contributed by atoms with Gasteiger partial charge in [0.05, 0.1) is 23.6 Å². The molecule has 3 aromatic heterocycles. The van der Waals surface area contributed by atoms with Crippen molar-refractivity contribution < 1.29 is 9.53 Å². The highest BCUT2D eigenvalue weighted by atomic mass is 16.6. The standard InChI is InChI=1S/C26H33N5O2/c1-26(2,3)33-25(32)21-31(20-24-12-6-9-15-29-24)17-16-30(18-22-10-4-7-13-27-22)19-23-11-5-8-14-28-23/h4-15H,16-21H2,1-3H3. The van der Waals surface area contributed by atoms with Crippen LogP contribution in [0.2, 0.25) is 0 Å². The summed E-state index contributed by atoms with van der Waals surface area (Å²) in [5, 5.41) is 0. The van der Waals surface area contributed by atoms with E-state index >= 15 is 0 Å². The van der Waals surface area contributed by atoms with Crippen molar-refractivity contribution in [3.05, 3.63) is 90.3 Å². The number of aromatic nitrogens is 3. The first kappa shape index (κ1) is 24.5. The van der Waals surface area contributed by atoms with Gasteiger partial charge in [0.2, 0.25) is 0 Å². The second kappa shape index (κ2) is 12.2. The SMILES string of the molecule is CC(C)(C)OC(=O)CN(CCN(Cc1ccccn1)Cc1ccccn1)Cc1ccccn1. The quantitative estimate of drug-likeness (QED) is 0.415. The van der Waals surface area contributed by atoms with Gasteiger partial charge in [0, 0.05) is 51.3 Å². The first-order valence-electron chi connectivity index (χ1n) is 11.2. The molecule has 0 bridgehead atoms. The van der Waals surface area contributed by atoms with Gasteiger partial charge in [-0.25, -0.2) is 0 Å². The minimum absolute atomic E-state index is 0.203. The zero-order valence-corrected chi connectivity index (χ0v) is 19.7. The molecule has 0 spiro atoms. The smallest absolute Gasteiger partial charge is 0.320 e. The Hall–Kier alpha value is -3.16. The van der Waals surface area contributed by atoms with Crippen molar-refractivity contribution >= 4 is 5.97 Å². The summed E-state index contributed by atoms with van der Waals surface area (Å²) in [5.74, 6) is -0.237. The van der Waals surface area contributed by atoms with Gasteiger partial charge in [-0.3, -0.25) is 29.5 Å². The van der Waals surface area contributed by atoms with Crippen LogP contribution >= 0.6 is 0 Å². The number of hydrogen-bond donors (Lipinski definition) is 0. The number of carbonyl (C=O) groups is 1. The first-order valence-corrected chi connectivity index (χ1v) is 11.2. The molecular formula is C26H33N5O2. The van der Waals surface area contributed by atoms with Crippen LogP contribution in [0.15, 0.2) is 73.2 Å². The van der Waals surface area contributed by atoms with E-state index in [1.807, 2.05) is 87.8 Å². The third-order valence-electron chi connectivity index (χ3n) is 4.84. The summed E-state index contributed by atoms with van der Waals surface area (Å²) < 4.78 is 5.57. The molecule has 0 saturated heterocycles. The molecule has 7 nitrogen and oxygen atoms in total. The van der Waals surface area contributed by atoms with Crippen LogP contribution in [0.5, 0.6) is 0 Å². The van der Waals surface area contributed by atoms with Crippen molar-refractivity contribution in [1.29, 1.82) is 0 Å². The summed E-state index contributed by atoms with van der Waals surface area (Å²) in [4.78, 5) is 30.4. The minimum atomic E-state index is -0.516. The predicted molar refractivity (Wildman–Crippen MR) is 128 cm³/mol. The van der Waals surface area contributed by atoms with Crippen LogP contribution in [-0.4, -0.2) is 56.0 Å². The van der Waals surface area contributed by atoms with Crippen molar-refractivity contribution in [3.63, 3.8) is 0 Å². The monoisotopic (exact) mass is 447 g/mol. The maximum absolute atomic E-state index is 12.6. The lowest BCUT2D eigenvalue weighted by molar-refractivity contribution is -0.156. The summed E-state index contributed by atoms with van der Waals surface area (Å²) in [6.45, 7) is 9.23. The van der Waals surface area contributed by atoms with Crippen LogP contribution in [0, 0.1) is 0 Å². The Balaban J connectivity index is 1.70. The maximum atomic E-state index is 12.6. The molecule has 3 aromatic rings. The van der Waals surface area contributed by atoms with Crippen LogP contribution in [0.1, 0.15) is 37.9 Å². The van der Waals surface area contributed by atoms with E-state index in [0.717, 1.165) is 23.6 Å². The lowest BCUT2D eigenvalue weighted by atomic mass is 10.2. The van der Waals surface area contributed by atoms with Gasteiger partial charge in [0.25, 0.3) is 0 Å². The normalized spacial score (nSPS) is 11.7. The van der Waals surface area contributed by atoms with Crippen molar-refractivity contribution in [3.8, 4) is 0 Å². The topological polar surface area (TPSA) is 71.5 Å². The van der Waals surface area contributed by atoms with Crippen LogP contribution < -0.4 is 0 Å². The van der Waals surface area contributed by atoms with E-state index in [2.05, 4.69) is 24.8 Å². The molecule has 0 atom stereocenters. The average Bonchev–Trinajstić information content (AvgIpc) is 2.78. The molecule has 7 heteroatoms. The Morgan fingerprint density at radius 1 is 0.727 bits per heavy atom. The van der Waals surface area contributed by atoms with E-state index in [1.165, 1.54) is 0 Å². The van der Waals surface area contributed by atoms with E-state index in [-0.39, 0.29) is 12.5 Å². The Morgan fingerprint density at radius 3 is 1.55 bits per heavy atom. The molecule has 0 amide bonds. The molecule has 174 valence electrons. The fourth-order valence-electron chi connectivity index (χ4n) is 3.43. The molecule has 0 aliphatic carbocycles. The molecule has 0 radical (unpaired) electrons. The molecule has 33 heavy (non-hydrogen) atoms. The van der Waals surface area contributed by atoms with Crippen molar-refractivity contribution in [2.24, 2.45) is 0 Å². The zero-order valence-electron chi connectivity index (χ0n) is 19.7. The highest BCUT2D eigenvalue weighted by molar-refractivity contribution is 5.72. The van der Waals surface area contributed by atoms with Gasteiger partial charge in [0.1, 0.15) is 5.60 Å². The summed E-state index contributed by atoms with van der Waals surface area (Å²) >= 11 is 0. The fraction of sp³-hybridized carbons (Fsp3) is 0.385. The van der Waals surface area contributed by atoms with E-state index in [9.17, 15) is 4.79 Å². The number of hydrogen-bond acceptors (Lipinski definition) is 7. The van der Waals surface area contributed by atoms with E-state index in [0.29, 0.717) is 26.2 Å². The molecule has 3 heterocycles. The molecule has 0 N–H and O–H groups in total. The molecule has 0 unspecified atom stereocenters. The van der Waals surface area contributed by atoms with E-state index in [4.69, 9.17) is 4.74 Å². The maximum Gasteiger partial charge on any atom is 0.320 e. The number of pyridine rings is 3. The van der Waals surface area contributed by atoms with Crippen LogP contribution in [0.3, 0.4) is 0 Å². The lowest BCUT2D eigenvalue weighted by Gasteiger charge is -2.28. The average molecular weight is 448 g/mol. The summed E-state index contributed by atoms with van der Waals surface area (Å²) in [5.41, 5.74) is 2.40. The second-order valence-corrected chi connectivity index (χ2v) is 8.97. The molecule has 0 aromatic carbocycles. The van der Waals surface area contributed by atoms with Crippen molar-refractivity contribution in [2.45, 2.75) is 46.0 Å². The van der Waals surface area contributed by atoms with Gasteiger partial charge in [-0.1, -0.05) is 18.2 Å². The van der Waals surface area contributed by atoms with Gasteiger partial charge in [0.15, 0.2) is 0 Å². The van der Waals surface area contributed by atoms with Crippen LogP contribution in [0.4, 0.5) is 0 Å². The van der Waals surface area contributed by atoms with Gasteiger partial charge in [-0.15, -0.1) is 0 Å². The number of rotatable bonds is 11. The van der Waals surface area contributed by atoms with E-state index in [1.54, 1.807) is 6.20 Å². The third-order valence-corrected chi connectivity index (χ3v) is 4.84. The van der Waals surface area contributed by atoms with E-state index < -0.39 is 5.60 Å². The molecule has 0 saturated carbocycles. The van der Waals surface area contributed by atoms with Crippen LogP contribution in [0.25, 0.3) is 0 Å². The molecule has 0 aliphatic rings. The lowest BCUT2D eigenvalue weighted by Crippen LogP contribution is -2.39. The molecule has 0 fully saturated rings. The minimum Gasteiger partial charge on any atom is -0.459 e. The Labute approximate surface area is 196 Å². The van der Waals surface area contributed by atoms with Gasteiger partial charge < -0.3 is 4.74 Å². The zero-order chi connectivity index (χ0) is 23.5. The Bertz CT molecular complexity index is 921. The van der Waals surface area contributed by atoms with Crippen LogP contribution in [-0.2, 0) is 29.2 Å². The van der Waals surface area contributed by atoms with Crippen molar-refractivity contribution in [2.75, 3.05) is 19.6 Å². The first-order chi connectivity index (χ1) is 15.9. The third kappa shape index (κ3) is 9.47. The molecule has 0 aliphatic heterocycles. The molecular weight excluding hydrogens is 414 g/mol. The predicted octanol–water partition coefficient (Wildman–Crippen LogP) is 3.72. The fourth-order valence-corrected chi connectivity index (χ4v) is 3.43. The number of nitrogens with zero attached hydrogens (tertiary/aromatic N) is 5. The second-order valence-electron chi connectivity index (χ2n) is 8.97. The van der Waals surface area contributed by atoms with Gasteiger partial charge >= 0.3 is 5.97 Å². The largest absolute Gasteiger partial charge is 0.459 e. The molecule has 3 rings (SSSR count). The Morgan fingerprint density at radius 2 is 1.15 bits per heavy atom. The highest BCUT2D eigenvalue weighted by Gasteiger charge is 2.20. The summed E-state index contributed by atoms with van der Waals surface area (Å²) in [7, 11) is 0.